The number of methoxy groups -OCH3 is 1. The molecule has 0 aliphatic rings. The number of halogens is 1. The first kappa shape index (κ1) is 11.1. The Morgan fingerprint density at radius 3 is 2.69 bits per heavy atom. The minimum absolute atomic E-state index is 0.155. The summed E-state index contributed by atoms with van der Waals surface area (Å²) < 4.78 is 8.54. The molecular formula is C10H10BrN3O2. The van der Waals surface area contributed by atoms with Crippen molar-refractivity contribution in [1.82, 2.24) is 14.3 Å². The van der Waals surface area contributed by atoms with Gasteiger partial charge < -0.3 is 4.74 Å². The molecule has 0 spiro atoms. The highest BCUT2D eigenvalue weighted by Gasteiger charge is 2.05. The van der Waals surface area contributed by atoms with E-state index in [1.54, 1.807) is 0 Å². The fourth-order valence-corrected chi connectivity index (χ4v) is 1.59. The second kappa shape index (κ2) is 4.63. The third kappa shape index (κ3) is 2.07. The van der Waals surface area contributed by atoms with E-state index < -0.39 is 0 Å². The van der Waals surface area contributed by atoms with Crippen LogP contribution >= 0.6 is 15.9 Å². The van der Waals surface area contributed by atoms with Crippen molar-refractivity contribution in [2.75, 3.05) is 7.11 Å². The van der Waals surface area contributed by atoms with E-state index in [0.29, 0.717) is 0 Å². The molecule has 1 aromatic carbocycles. The zero-order chi connectivity index (χ0) is 11.5. The van der Waals surface area contributed by atoms with E-state index in [-0.39, 0.29) is 12.4 Å². The van der Waals surface area contributed by atoms with E-state index in [0.717, 1.165) is 10.2 Å². The lowest BCUT2D eigenvalue weighted by Gasteiger charge is -2.00. The van der Waals surface area contributed by atoms with Crippen LogP contribution in [0.1, 0.15) is 0 Å². The Labute approximate surface area is 100 Å². The second-order valence-electron chi connectivity index (χ2n) is 3.18. The molecular weight excluding hydrogens is 274 g/mol. The normalized spacial score (nSPS) is 10.6. The Balaban J connectivity index is 2.41. The standard InChI is InChI=1S/C10H10BrN3O2/c1-16-7-14-10(15)13(6-12-14)9-4-2-8(11)3-5-9/h2-6H,7H2,1H3. The van der Waals surface area contributed by atoms with Crippen molar-refractivity contribution in [2.45, 2.75) is 6.73 Å². The predicted molar refractivity (Wildman–Crippen MR) is 62.5 cm³/mol. The fraction of sp³-hybridized carbons (Fsp3) is 0.200. The van der Waals surface area contributed by atoms with Gasteiger partial charge in [-0.05, 0) is 24.3 Å². The number of nitrogens with zero attached hydrogens (tertiary/aromatic N) is 3. The summed E-state index contributed by atoms with van der Waals surface area (Å²) in [6, 6.07) is 7.42. The van der Waals surface area contributed by atoms with Crippen LogP contribution in [-0.2, 0) is 11.5 Å². The minimum atomic E-state index is -0.218. The summed E-state index contributed by atoms with van der Waals surface area (Å²) in [5.74, 6) is 0. The maximum Gasteiger partial charge on any atom is 0.352 e. The Bertz CT molecular complexity index is 530. The third-order valence-electron chi connectivity index (χ3n) is 2.09. The molecule has 0 radical (unpaired) electrons. The molecule has 0 N–H and O–H groups in total. The summed E-state index contributed by atoms with van der Waals surface area (Å²) in [6.45, 7) is 0.155. The van der Waals surface area contributed by atoms with E-state index >= 15 is 0 Å². The molecule has 0 fully saturated rings. The second-order valence-corrected chi connectivity index (χ2v) is 4.09. The maximum atomic E-state index is 11.8. The summed E-state index contributed by atoms with van der Waals surface area (Å²) in [6.07, 6.45) is 1.48. The first-order valence-corrected chi connectivity index (χ1v) is 5.41. The molecule has 2 aromatic rings. The maximum absolute atomic E-state index is 11.8. The molecule has 0 unspecified atom stereocenters. The molecule has 0 saturated carbocycles. The van der Waals surface area contributed by atoms with Crippen molar-refractivity contribution < 1.29 is 4.74 Å². The van der Waals surface area contributed by atoms with Crippen molar-refractivity contribution in [2.24, 2.45) is 0 Å². The monoisotopic (exact) mass is 283 g/mol. The van der Waals surface area contributed by atoms with Gasteiger partial charge in [-0.3, -0.25) is 0 Å². The molecule has 84 valence electrons. The van der Waals surface area contributed by atoms with Gasteiger partial charge in [0.2, 0.25) is 0 Å². The number of aromatic nitrogens is 3. The molecule has 1 heterocycles. The highest BCUT2D eigenvalue weighted by Crippen LogP contribution is 2.12. The number of rotatable bonds is 3. The van der Waals surface area contributed by atoms with Crippen LogP contribution in [0.3, 0.4) is 0 Å². The Hall–Kier alpha value is -1.40. The zero-order valence-electron chi connectivity index (χ0n) is 8.63. The zero-order valence-corrected chi connectivity index (χ0v) is 10.2. The van der Waals surface area contributed by atoms with Crippen LogP contribution in [0, 0.1) is 0 Å². The Morgan fingerprint density at radius 1 is 1.38 bits per heavy atom. The van der Waals surface area contributed by atoms with E-state index in [1.165, 1.54) is 22.7 Å². The number of hydrogen-bond acceptors (Lipinski definition) is 3. The van der Waals surface area contributed by atoms with Gasteiger partial charge in [-0.2, -0.15) is 9.78 Å². The summed E-state index contributed by atoms with van der Waals surface area (Å²) in [7, 11) is 1.52. The van der Waals surface area contributed by atoms with Crippen LogP contribution < -0.4 is 5.69 Å². The molecule has 2 rings (SSSR count). The summed E-state index contributed by atoms with van der Waals surface area (Å²) >= 11 is 3.34. The first-order valence-electron chi connectivity index (χ1n) is 4.61. The molecule has 1 aromatic heterocycles. The van der Waals surface area contributed by atoms with E-state index in [1.807, 2.05) is 24.3 Å². The van der Waals surface area contributed by atoms with E-state index in [2.05, 4.69) is 21.0 Å². The van der Waals surface area contributed by atoms with Crippen molar-refractivity contribution in [3.63, 3.8) is 0 Å². The summed E-state index contributed by atoms with van der Waals surface area (Å²) in [4.78, 5) is 11.8. The quantitative estimate of drug-likeness (QED) is 0.856. The first-order chi connectivity index (χ1) is 7.72. The van der Waals surface area contributed by atoms with Crippen LogP contribution in [0.15, 0.2) is 39.9 Å². The molecule has 5 nitrogen and oxygen atoms in total. The average molecular weight is 284 g/mol. The topological polar surface area (TPSA) is 49.0 Å². The van der Waals surface area contributed by atoms with Gasteiger partial charge in [0.05, 0.1) is 5.69 Å². The van der Waals surface area contributed by atoms with Gasteiger partial charge in [-0.25, -0.2) is 9.36 Å². The molecule has 0 aliphatic heterocycles. The highest BCUT2D eigenvalue weighted by molar-refractivity contribution is 9.10. The fourth-order valence-electron chi connectivity index (χ4n) is 1.33. The smallest absolute Gasteiger partial charge is 0.352 e. The average Bonchev–Trinajstić information content (AvgIpc) is 2.63. The van der Waals surface area contributed by atoms with Crippen molar-refractivity contribution in [1.29, 1.82) is 0 Å². The number of hydrogen-bond donors (Lipinski definition) is 0. The largest absolute Gasteiger partial charge is 0.362 e. The lowest BCUT2D eigenvalue weighted by molar-refractivity contribution is 0.117. The molecule has 0 amide bonds. The molecule has 0 bridgehead atoms. The van der Waals surface area contributed by atoms with Crippen molar-refractivity contribution >= 4 is 15.9 Å². The van der Waals surface area contributed by atoms with Gasteiger partial charge in [-0.1, -0.05) is 15.9 Å². The molecule has 0 atom stereocenters. The predicted octanol–water partition coefficient (Wildman–Crippen LogP) is 1.40. The van der Waals surface area contributed by atoms with E-state index in [4.69, 9.17) is 4.74 Å². The van der Waals surface area contributed by atoms with Crippen molar-refractivity contribution in [3.05, 3.63) is 45.5 Å². The summed E-state index contributed by atoms with van der Waals surface area (Å²) in [5, 5.41) is 3.93. The molecule has 6 heteroatoms. The van der Waals surface area contributed by atoms with Crippen molar-refractivity contribution in [3.8, 4) is 5.69 Å². The van der Waals surface area contributed by atoms with Crippen LogP contribution in [-0.4, -0.2) is 21.5 Å². The highest BCUT2D eigenvalue weighted by atomic mass is 79.9. The van der Waals surface area contributed by atoms with Gasteiger partial charge in [-0.15, -0.1) is 0 Å². The Morgan fingerprint density at radius 2 is 2.06 bits per heavy atom. The summed E-state index contributed by atoms with van der Waals surface area (Å²) in [5.41, 5.74) is 0.555. The van der Waals surface area contributed by atoms with Crippen LogP contribution in [0.2, 0.25) is 0 Å². The van der Waals surface area contributed by atoms with Gasteiger partial charge in [0.25, 0.3) is 0 Å². The van der Waals surface area contributed by atoms with Gasteiger partial charge in [0.15, 0.2) is 0 Å². The minimum Gasteiger partial charge on any atom is -0.362 e. The lowest BCUT2D eigenvalue weighted by Crippen LogP contribution is -2.24. The number of ether oxygens (including phenoxy) is 1. The SMILES string of the molecule is COCn1ncn(-c2ccc(Br)cc2)c1=O. The molecule has 0 aliphatic carbocycles. The molecule has 0 saturated heterocycles. The van der Waals surface area contributed by atoms with Crippen LogP contribution in [0.25, 0.3) is 5.69 Å². The molecule has 16 heavy (non-hydrogen) atoms. The number of benzene rings is 1. The Kier molecular flexibility index (Phi) is 3.21. The van der Waals surface area contributed by atoms with Crippen LogP contribution in [0.5, 0.6) is 0 Å². The van der Waals surface area contributed by atoms with Crippen LogP contribution in [0.4, 0.5) is 0 Å². The third-order valence-corrected chi connectivity index (χ3v) is 2.62. The lowest BCUT2D eigenvalue weighted by atomic mass is 10.3. The van der Waals surface area contributed by atoms with Gasteiger partial charge in [0, 0.05) is 11.6 Å². The van der Waals surface area contributed by atoms with Gasteiger partial charge >= 0.3 is 5.69 Å². The van der Waals surface area contributed by atoms with Gasteiger partial charge in [0.1, 0.15) is 13.1 Å². The van der Waals surface area contributed by atoms with E-state index in [9.17, 15) is 4.79 Å².